The standard InChI is InChI=1S/C18H21N3O/c1-12-2-3-14-9-19-17(8-15(14)6-12)18(22)20-16-7-13-4-5-21(10-13)11-16/h2-3,6,8-9,13,16H,4-5,7,10-11H2,1H3,(H,20,22). The van der Waals surface area contributed by atoms with Gasteiger partial charge in [0.05, 0.1) is 0 Å². The quantitative estimate of drug-likeness (QED) is 0.925. The predicted octanol–water partition coefficient (Wildman–Crippen LogP) is 2.37. The highest BCUT2D eigenvalue weighted by atomic mass is 16.1. The van der Waals surface area contributed by atoms with Gasteiger partial charge in [-0.15, -0.1) is 0 Å². The zero-order chi connectivity index (χ0) is 15.1. The van der Waals surface area contributed by atoms with E-state index in [-0.39, 0.29) is 11.9 Å². The third-order valence-electron chi connectivity index (χ3n) is 4.91. The molecule has 2 bridgehead atoms. The van der Waals surface area contributed by atoms with Gasteiger partial charge in [0.2, 0.25) is 0 Å². The van der Waals surface area contributed by atoms with Crippen LogP contribution in [0.5, 0.6) is 0 Å². The van der Waals surface area contributed by atoms with Crippen LogP contribution in [0.15, 0.2) is 30.5 Å². The molecule has 22 heavy (non-hydrogen) atoms. The van der Waals surface area contributed by atoms with Crippen molar-refractivity contribution in [3.8, 4) is 0 Å². The van der Waals surface area contributed by atoms with Crippen molar-refractivity contribution in [2.45, 2.75) is 25.8 Å². The summed E-state index contributed by atoms with van der Waals surface area (Å²) in [6, 6.07) is 8.38. The third-order valence-corrected chi connectivity index (χ3v) is 4.91. The molecule has 1 N–H and O–H groups in total. The molecule has 1 aromatic heterocycles. The Morgan fingerprint density at radius 2 is 2.18 bits per heavy atom. The van der Waals surface area contributed by atoms with Crippen LogP contribution in [-0.4, -0.2) is 41.5 Å². The fourth-order valence-electron chi connectivity index (χ4n) is 3.81. The maximum atomic E-state index is 12.5. The second-order valence-corrected chi connectivity index (χ2v) is 6.74. The Labute approximate surface area is 130 Å². The number of carbonyl (C=O) groups excluding carboxylic acids is 1. The fraction of sp³-hybridized carbons (Fsp3) is 0.444. The summed E-state index contributed by atoms with van der Waals surface area (Å²) >= 11 is 0. The molecule has 3 unspecified atom stereocenters. The molecule has 4 nitrogen and oxygen atoms in total. The number of fused-ring (bicyclic) bond motifs is 3. The van der Waals surface area contributed by atoms with Gasteiger partial charge in [-0.25, -0.2) is 0 Å². The molecule has 4 heteroatoms. The lowest BCUT2D eigenvalue weighted by molar-refractivity contribution is 0.0904. The van der Waals surface area contributed by atoms with E-state index in [1.165, 1.54) is 25.1 Å². The molecule has 0 radical (unpaired) electrons. The summed E-state index contributed by atoms with van der Waals surface area (Å²) < 4.78 is 0. The molecule has 2 aromatic rings. The van der Waals surface area contributed by atoms with Gasteiger partial charge in [0.1, 0.15) is 5.69 Å². The zero-order valence-corrected chi connectivity index (χ0v) is 12.9. The summed E-state index contributed by atoms with van der Waals surface area (Å²) in [7, 11) is 0. The molecule has 3 atom stereocenters. The van der Waals surface area contributed by atoms with Gasteiger partial charge in [-0.1, -0.05) is 23.8 Å². The van der Waals surface area contributed by atoms with Gasteiger partial charge in [-0.2, -0.15) is 0 Å². The number of rotatable bonds is 2. The third kappa shape index (κ3) is 2.59. The Bertz CT molecular complexity index is 715. The minimum atomic E-state index is -0.0455. The van der Waals surface area contributed by atoms with Gasteiger partial charge in [-0.3, -0.25) is 9.78 Å². The fourth-order valence-corrected chi connectivity index (χ4v) is 3.81. The van der Waals surface area contributed by atoms with Crippen LogP contribution in [0, 0.1) is 12.8 Å². The Morgan fingerprint density at radius 1 is 1.27 bits per heavy atom. The van der Waals surface area contributed by atoms with E-state index in [9.17, 15) is 4.79 Å². The van der Waals surface area contributed by atoms with Crippen molar-refractivity contribution >= 4 is 16.7 Å². The monoisotopic (exact) mass is 295 g/mol. The molecule has 0 aliphatic carbocycles. The number of piperidine rings is 1. The van der Waals surface area contributed by atoms with Crippen LogP contribution in [0.25, 0.3) is 10.8 Å². The van der Waals surface area contributed by atoms with Gasteiger partial charge in [0.15, 0.2) is 0 Å². The van der Waals surface area contributed by atoms with E-state index in [4.69, 9.17) is 0 Å². The van der Waals surface area contributed by atoms with Crippen molar-refractivity contribution in [1.82, 2.24) is 15.2 Å². The molecule has 2 saturated heterocycles. The summed E-state index contributed by atoms with van der Waals surface area (Å²) in [6.45, 7) is 5.44. The molecule has 0 spiro atoms. The van der Waals surface area contributed by atoms with Crippen molar-refractivity contribution in [1.29, 1.82) is 0 Å². The van der Waals surface area contributed by atoms with E-state index < -0.39 is 0 Å². The number of benzene rings is 1. The van der Waals surface area contributed by atoms with E-state index >= 15 is 0 Å². The highest BCUT2D eigenvalue weighted by Crippen LogP contribution is 2.26. The van der Waals surface area contributed by atoms with E-state index in [0.717, 1.165) is 29.7 Å². The second-order valence-electron chi connectivity index (χ2n) is 6.74. The lowest BCUT2D eigenvalue weighted by Gasteiger charge is -2.30. The number of aryl methyl sites for hydroxylation is 1. The first kappa shape index (κ1) is 13.7. The lowest BCUT2D eigenvalue weighted by atomic mass is 9.97. The smallest absolute Gasteiger partial charge is 0.270 e. The van der Waals surface area contributed by atoms with Crippen molar-refractivity contribution in [2.75, 3.05) is 19.6 Å². The number of aromatic nitrogens is 1. The molecule has 2 aliphatic rings. The van der Waals surface area contributed by atoms with Gasteiger partial charge < -0.3 is 10.2 Å². The van der Waals surface area contributed by atoms with Crippen LogP contribution < -0.4 is 5.32 Å². The summed E-state index contributed by atoms with van der Waals surface area (Å²) in [4.78, 5) is 19.3. The largest absolute Gasteiger partial charge is 0.347 e. The topological polar surface area (TPSA) is 45.2 Å². The van der Waals surface area contributed by atoms with Gasteiger partial charge in [0.25, 0.3) is 5.91 Å². The number of nitrogens with one attached hydrogen (secondary N) is 1. The normalized spacial score (nSPS) is 27.0. The Hall–Kier alpha value is -1.94. The molecule has 4 rings (SSSR count). The molecule has 3 heterocycles. The first-order valence-corrected chi connectivity index (χ1v) is 8.07. The lowest BCUT2D eigenvalue weighted by Crippen LogP contribution is -2.47. The van der Waals surface area contributed by atoms with Crippen LogP contribution in [0.1, 0.15) is 28.9 Å². The highest BCUT2D eigenvalue weighted by Gasteiger charge is 2.33. The van der Waals surface area contributed by atoms with E-state index in [1.807, 2.05) is 12.1 Å². The van der Waals surface area contributed by atoms with E-state index in [2.05, 4.69) is 34.3 Å². The van der Waals surface area contributed by atoms with Crippen molar-refractivity contribution in [3.05, 3.63) is 41.7 Å². The molecule has 1 aromatic carbocycles. The number of hydrogen-bond donors (Lipinski definition) is 1. The first-order valence-electron chi connectivity index (χ1n) is 8.07. The number of nitrogens with zero attached hydrogens (tertiary/aromatic N) is 2. The Morgan fingerprint density at radius 3 is 3.05 bits per heavy atom. The van der Waals surface area contributed by atoms with Gasteiger partial charge in [0, 0.05) is 30.7 Å². The average Bonchev–Trinajstić information content (AvgIpc) is 2.85. The summed E-state index contributed by atoms with van der Waals surface area (Å²) in [5.41, 5.74) is 1.72. The minimum absolute atomic E-state index is 0.0455. The van der Waals surface area contributed by atoms with Gasteiger partial charge >= 0.3 is 0 Å². The van der Waals surface area contributed by atoms with Crippen LogP contribution in [0.3, 0.4) is 0 Å². The number of carbonyl (C=O) groups is 1. The predicted molar refractivity (Wildman–Crippen MR) is 86.9 cm³/mol. The zero-order valence-electron chi connectivity index (χ0n) is 12.9. The number of hydrogen-bond acceptors (Lipinski definition) is 3. The number of pyridine rings is 1. The Kier molecular flexibility index (Phi) is 3.34. The molecule has 0 saturated carbocycles. The van der Waals surface area contributed by atoms with E-state index in [1.54, 1.807) is 6.20 Å². The maximum Gasteiger partial charge on any atom is 0.270 e. The van der Waals surface area contributed by atoms with Crippen LogP contribution in [0.2, 0.25) is 0 Å². The van der Waals surface area contributed by atoms with Crippen LogP contribution >= 0.6 is 0 Å². The van der Waals surface area contributed by atoms with Crippen molar-refractivity contribution in [2.24, 2.45) is 5.92 Å². The molecule has 114 valence electrons. The molecular formula is C18H21N3O. The Balaban J connectivity index is 1.52. The molecule has 2 fully saturated rings. The SMILES string of the molecule is Cc1ccc2cnc(C(=O)NC3CC4CCN(C4)C3)cc2c1. The minimum Gasteiger partial charge on any atom is -0.347 e. The second kappa shape index (κ2) is 5.36. The van der Waals surface area contributed by atoms with E-state index in [0.29, 0.717) is 5.69 Å². The van der Waals surface area contributed by atoms with Gasteiger partial charge in [-0.05, 0) is 43.7 Å². The van der Waals surface area contributed by atoms with Crippen molar-refractivity contribution in [3.63, 3.8) is 0 Å². The number of amides is 1. The average molecular weight is 295 g/mol. The highest BCUT2D eigenvalue weighted by molar-refractivity contribution is 5.96. The van der Waals surface area contributed by atoms with Crippen LogP contribution in [0.4, 0.5) is 0 Å². The maximum absolute atomic E-state index is 12.5. The summed E-state index contributed by atoms with van der Waals surface area (Å²) in [5.74, 6) is 0.710. The van der Waals surface area contributed by atoms with Crippen molar-refractivity contribution < 1.29 is 4.79 Å². The molecule has 2 aliphatic heterocycles. The molecule has 1 amide bonds. The van der Waals surface area contributed by atoms with Crippen LogP contribution in [-0.2, 0) is 0 Å². The molecular weight excluding hydrogens is 274 g/mol. The first-order chi connectivity index (χ1) is 10.7. The summed E-state index contributed by atoms with van der Waals surface area (Å²) in [6.07, 6.45) is 4.17. The summed E-state index contributed by atoms with van der Waals surface area (Å²) in [5, 5.41) is 5.32.